The molecule has 98 valence electrons. The molecular formula is C11H14N2O4S. The van der Waals surface area contributed by atoms with Gasteiger partial charge in [0.1, 0.15) is 6.10 Å². The van der Waals surface area contributed by atoms with Crippen LogP contribution in [0.15, 0.2) is 29.2 Å². The van der Waals surface area contributed by atoms with Crippen molar-refractivity contribution in [2.24, 2.45) is 5.73 Å². The van der Waals surface area contributed by atoms with Crippen LogP contribution in [0.4, 0.5) is 10.5 Å². The van der Waals surface area contributed by atoms with Crippen molar-refractivity contribution in [3.05, 3.63) is 24.3 Å². The Hall–Kier alpha value is -1.60. The molecule has 0 aliphatic carbocycles. The van der Waals surface area contributed by atoms with Gasteiger partial charge in [-0.15, -0.1) is 0 Å². The van der Waals surface area contributed by atoms with Crippen LogP contribution in [0.3, 0.4) is 0 Å². The van der Waals surface area contributed by atoms with Crippen molar-refractivity contribution in [3.63, 3.8) is 0 Å². The minimum absolute atomic E-state index is 0.217. The van der Waals surface area contributed by atoms with Gasteiger partial charge in [-0.3, -0.25) is 4.90 Å². The number of anilines is 1. The standard InChI is InChI=1S/C11H14N2O4S/c1-18(15,16)10-4-2-8(3-5-10)13-7-9(6-12)17-11(13)14/h2-5,9H,6-7,12H2,1H3. The summed E-state index contributed by atoms with van der Waals surface area (Å²) in [6.07, 6.45) is 0.362. The average molecular weight is 270 g/mol. The van der Waals surface area contributed by atoms with E-state index in [1.54, 1.807) is 12.1 Å². The molecule has 7 heteroatoms. The molecule has 1 saturated heterocycles. The Kier molecular flexibility index (Phi) is 3.27. The van der Waals surface area contributed by atoms with E-state index in [2.05, 4.69) is 0 Å². The summed E-state index contributed by atoms with van der Waals surface area (Å²) >= 11 is 0. The van der Waals surface area contributed by atoms with E-state index in [0.29, 0.717) is 12.2 Å². The lowest BCUT2D eigenvalue weighted by Crippen LogP contribution is -2.27. The lowest BCUT2D eigenvalue weighted by Gasteiger charge is -2.12. The van der Waals surface area contributed by atoms with Gasteiger partial charge in [-0.25, -0.2) is 13.2 Å². The second-order valence-corrected chi connectivity index (χ2v) is 6.13. The maximum absolute atomic E-state index is 11.6. The molecule has 1 unspecified atom stereocenters. The Bertz CT molecular complexity index is 553. The molecule has 6 nitrogen and oxygen atoms in total. The fourth-order valence-electron chi connectivity index (χ4n) is 1.73. The van der Waals surface area contributed by atoms with Crippen molar-refractivity contribution >= 4 is 21.6 Å². The van der Waals surface area contributed by atoms with Crippen LogP contribution in [0.2, 0.25) is 0 Å². The zero-order valence-electron chi connectivity index (χ0n) is 9.87. The highest BCUT2D eigenvalue weighted by Crippen LogP contribution is 2.22. The van der Waals surface area contributed by atoms with Crippen LogP contribution in [0, 0.1) is 0 Å². The molecule has 0 bridgehead atoms. The first-order valence-electron chi connectivity index (χ1n) is 5.40. The summed E-state index contributed by atoms with van der Waals surface area (Å²) in [6.45, 7) is 0.650. The number of nitrogens with zero attached hydrogens (tertiary/aromatic N) is 1. The highest BCUT2D eigenvalue weighted by Gasteiger charge is 2.31. The van der Waals surface area contributed by atoms with Gasteiger partial charge in [0.25, 0.3) is 0 Å². The van der Waals surface area contributed by atoms with Crippen LogP contribution < -0.4 is 10.6 Å². The molecule has 1 fully saturated rings. The molecule has 1 aromatic rings. The maximum atomic E-state index is 11.6. The Morgan fingerprint density at radius 3 is 2.44 bits per heavy atom. The van der Waals surface area contributed by atoms with Gasteiger partial charge < -0.3 is 10.5 Å². The van der Waals surface area contributed by atoms with Gasteiger partial charge >= 0.3 is 6.09 Å². The molecule has 1 atom stereocenters. The number of sulfone groups is 1. The van der Waals surface area contributed by atoms with E-state index in [4.69, 9.17) is 10.5 Å². The van der Waals surface area contributed by atoms with Gasteiger partial charge in [-0.2, -0.15) is 0 Å². The summed E-state index contributed by atoms with van der Waals surface area (Å²) in [4.78, 5) is 13.2. The molecule has 0 saturated carbocycles. The molecule has 1 amide bonds. The number of amides is 1. The van der Waals surface area contributed by atoms with Crippen molar-refractivity contribution in [1.82, 2.24) is 0 Å². The fraction of sp³-hybridized carbons (Fsp3) is 0.364. The van der Waals surface area contributed by atoms with E-state index < -0.39 is 15.9 Å². The van der Waals surface area contributed by atoms with Crippen molar-refractivity contribution < 1.29 is 17.9 Å². The minimum atomic E-state index is -3.23. The van der Waals surface area contributed by atoms with Gasteiger partial charge in [0, 0.05) is 18.5 Å². The first kappa shape index (κ1) is 12.8. The van der Waals surface area contributed by atoms with E-state index >= 15 is 0 Å². The molecule has 1 aliphatic heterocycles. The van der Waals surface area contributed by atoms with Gasteiger partial charge in [-0.05, 0) is 24.3 Å². The Balaban J connectivity index is 2.23. The van der Waals surface area contributed by atoms with Crippen LogP contribution in [-0.2, 0) is 14.6 Å². The summed E-state index contributed by atoms with van der Waals surface area (Å²) < 4.78 is 27.6. The SMILES string of the molecule is CS(=O)(=O)c1ccc(N2CC(CN)OC2=O)cc1. The summed E-state index contributed by atoms with van der Waals surface area (Å²) in [6, 6.07) is 6.09. The van der Waals surface area contributed by atoms with E-state index in [1.807, 2.05) is 0 Å². The summed E-state index contributed by atoms with van der Waals surface area (Å²) in [5, 5.41) is 0. The van der Waals surface area contributed by atoms with Crippen LogP contribution >= 0.6 is 0 Å². The lowest BCUT2D eigenvalue weighted by molar-refractivity contribution is 0.145. The zero-order valence-corrected chi connectivity index (χ0v) is 10.7. The molecule has 1 heterocycles. The number of nitrogens with two attached hydrogens (primary N) is 1. The number of ether oxygens (including phenoxy) is 1. The third-order valence-corrected chi connectivity index (χ3v) is 3.84. The largest absolute Gasteiger partial charge is 0.443 e. The number of carbonyl (C=O) groups excluding carboxylic acids is 1. The second kappa shape index (κ2) is 4.58. The molecular weight excluding hydrogens is 256 g/mol. The molecule has 0 aromatic heterocycles. The van der Waals surface area contributed by atoms with Crippen molar-refractivity contribution in [3.8, 4) is 0 Å². The monoisotopic (exact) mass is 270 g/mol. The van der Waals surface area contributed by atoms with Crippen LogP contribution in [0.5, 0.6) is 0 Å². The molecule has 18 heavy (non-hydrogen) atoms. The maximum Gasteiger partial charge on any atom is 0.414 e. The number of benzene rings is 1. The quantitative estimate of drug-likeness (QED) is 0.857. The predicted molar refractivity (Wildman–Crippen MR) is 66.2 cm³/mol. The van der Waals surface area contributed by atoms with Crippen molar-refractivity contribution in [2.45, 2.75) is 11.0 Å². The van der Waals surface area contributed by atoms with Crippen LogP contribution in [0.25, 0.3) is 0 Å². The number of cyclic esters (lactones) is 1. The number of hydrogen-bond donors (Lipinski definition) is 1. The third kappa shape index (κ3) is 2.46. The zero-order chi connectivity index (χ0) is 13.3. The van der Waals surface area contributed by atoms with Crippen molar-refractivity contribution in [1.29, 1.82) is 0 Å². The predicted octanol–water partition coefficient (Wildman–Crippen LogP) is 0.374. The number of carbonyl (C=O) groups is 1. The molecule has 2 rings (SSSR count). The normalized spacial score (nSPS) is 20.0. The van der Waals surface area contributed by atoms with Gasteiger partial charge in [-0.1, -0.05) is 0 Å². The van der Waals surface area contributed by atoms with Crippen LogP contribution in [-0.4, -0.2) is 40.0 Å². The summed E-state index contributed by atoms with van der Waals surface area (Å²) in [7, 11) is -3.23. The molecule has 1 aliphatic rings. The smallest absolute Gasteiger partial charge is 0.414 e. The fourth-order valence-corrected chi connectivity index (χ4v) is 2.36. The molecule has 1 aromatic carbocycles. The Morgan fingerprint density at radius 1 is 1.39 bits per heavy atom. The van der Waals surface area contributed by atoms with Crippen LogP contribution in [0.1, 0.15) is 0 Å². The molecule has 2 N–H and O–H groups in total. The summed E-state index contributed by atoms with van der Waals surface area (Å²) in [5.41, 5.74) is 6.03. The van der Waals surface area contributed by atoms with Gasteiger partial charge in [0.05, 0.1) is 11.4 Å². The number of rotatable bonds is 3. The van der Waals surface area contributed by atoms with E-state index in [1.165, 1.54) is 17.0 Å². The van der Waals surface area contributed by atoms with E-state index in [-0.39, 0.29) is 17.5 Å². The molecule has 0 spiro atoms. The number of hydrogen-bond acceptors (Lipinski definition) is 5. The van der Waals surface area contributed by atoms with Gasteiger partial charge in [0.2, 0.25) is 0 Å². The van der Waals surface area contributed by atoms with E-state index in [9.17, 15) is 13.2 Å². The average Bonchev–Trinajstić information content (AvgIpc) is 2.70. The lowest BCUT2D eigenvalue weighted by atomic mass is 10.3. The van der Waals surface area contributed by atoms with Gasteiger partial charge in [0.15, 0.2) is 9.84 Å². The second-order valence-electron chi connectivity index (χ2n) is 4.12. The van der Waals surface area contributed by atoms with E-state index in [0.717, 1.165) is 6.26 Å². The first-order chi connectivity index (χ1) is 8.41. The highest BCUT2D eigenvalue weighted by molar-refractivity contribution is 7.90. The third-order valence-electron chi connectivity index (χ3n) is 2.71. The highest BCUT2D eigenvalue weighted by atomic mass is 32.2. The topological polar surface area (TPSA) is 89.7 Å². The Morgan fingerprint density at radius 2 is 2.00 bits per heavy atom. The first-order valence-corrected chi connectivity index (χ1v) is 7.29. The minimum Gasteiger partial charge on any atom is -0.443 e. The Labute approximate surface area is 105 Å². The summed E-state index contributed by atoms with van der Waals surface area (Å²) in [5.74, 6) is 0. The molecule has 0 radical (unpaired) electrons. The van der Waals surface area contributed by atoms with Crippen molar-refractivity contribution in [2.75, 3.05) is 24.2 Å².